The minimum Gasteiger partial charge on any atom is -0.497 e. The van der Waals surface area contributed by atoms with Gasteiger partial charge in [-0.1, -0.05) is 0 Å². The van der Waals surface area contributed by atoms with Gasteiger partial charge in [0, 0.05) is 30.0 Å². The van der Waals surface area contributed by atoms with Gasteiger partial charge in [-0.3, -0.25) is 14.8 Å². The number of nitrogens with one attached hydrogen (secondary N) is 1. The minimum absolute atomic E-state index is 0.00710. The van der Waals surface area contributed by atoms with Crippen LogP contribution in [0.2, 0.25) is 0 Å². The number of methoxy groups -OCH3 is 2. The van der Waals surface area contributed by atoms with Crippen molar-refractivity contribution in [3.63, 3.8) is 0 Å². The summed E-state index contributed by atoms with van der Waals surface area (Å²) in [5.74, 6) is 0.454. The van der Waals surface area contributed by atoms with Crippen LogP contribution >= 0.6 is 0 Å². The number of ether oxygens (including phenoxy) is 2. The number of aromatic nitrogens is 2. The van der Waals surface area contributed by atoms with E-state index in [1.165, 1.54) is 44.7 Å². The predicted molar refractivity (Wildman–Crippen MR) is 114 cm³/mol. The third-order valence-electron chi connectivity index (χ3n) is 4.71. The number of nitrogens with zero attached hydrogens (tertiary/aromatic N) is 2. The van der Waals surface area contributed by atoms with Crippen molar-refractivity contribution in [3.8, 4) is 11.5 Å². The van der Waals surface area contributed by atoms with Crippen LogP contribution in [0.4, 0.5) is 0 Å². The van der Waals surface area contributed by atoms with Gasteiger partial charge in [-0.05, 0) is 36.4 Å². The molecule has 0 unspecified atom stereocenters. The van der Waals surface area contributed by atoms with Gasteiger partial charge in [0.25, 0.3) is 5.91 Å². The zero-order valence-electron chi connectivity index (χ0n) is 17.2. The number of furan rings is 1. The van der Waals surface area contributed by atoms with Crippen molar-refractivity contribution in [3.05, 3.63) is 72.5 Å². The maximum Gasteiger partial charge on any atom is 0.287 e. The van der Waals surface area contributed by atoms with Crippen LogP contribution in [0.15, 0.2) is 75.3 Å². The van der Waals surface area contributed by atoms with Crippen molar-refractivity contribution in [2.75, 3.05) is 14.2 Å². The van der Waals surface area contributed by atoms with Gasteiger partial charge in [-0.2, -0.15) is 0 Å². The first-order chi connectivity index (χ1) is 15.4. The number of fused-ring (bicyclic) bond motifs is 1. The van der Waals surface area contributed by atoms with Crippen LogP contribution in [-0.4, -0.2) is 38.5 Å². The average Bonchev–Trinajstić information content (AvgIpc) is 3.27. The van der Waals surface area contributed by atoms with E-state index in [1.54, 1.807) is 30.6 Å². The maximum absolute atomic E-state index is 13.0. The fourth-order valence-electron chi connectivity index (χ4n) is 3.00. The molecule has 0 saturated heterocycles. The Balaban J connectivity index is 1.48. The smallest absolute Gasteiger partial charge is 0.287 e. The Hall–Kier alpha value is -3.92. The van der Waals surface area contributed by atoms with Crippen molar-refractivity contribution >= 4 is 26.7 Å². The van der Waals surface area contributed by atoms with E-state index in [0.717, 1.165) is 5.39 Å². The highest BCUT2D eigenvalue weighted by molar-refractivity contribution is 7.91. The van der Waals surface area contributed by atoms with E-state index in [-0.39, 0.29) is 22.1 Å². The highest BCUT2D eigenvalue weighted by Gasteiger charge is 2.20. The monoisotopic (exact) mass is 453 g/mol. The molecule has 164 valence electrons. The van der Waals surface area contributed by atoms with Crippen LogP contribution < -0.4 is 14.8 Å². The minimum atomic E-state index is -3.84. The highest BCUT2D eigenvalue weighted by atomic mass is 32.2. The van der Waals surface area contributed by atoms with Gasteiger partial charge in [0.05, 0.1) is 36.2 Å². The van der Waals surface area contributed by atoms with E-state index in [2.05, 4.69) is 15.3 Å². The number of carbonyl (C=O) groups excluding carboxylic acids is 1. The Morgan fingerprint density at radius 3 is 2.38 bits per heavy atom. The molecule has 3 aromatic heterocycles. The number of hydrogen-bond acceptors (Lipinski definition) is 8. The number of hydrogen-bond donors (Lipinski definition) is 1. The Morgan fingerprint density at radius 2 is 1.75 bits per heavy atom. The number of carbonyl (C=O) groups is 1. The molecule has 1 amide bonds. The van der Waals surface area contributed by atoms with E-state index in [0.29, 0.717) is 22.8 Å². The van der Waals surface area contributed by atoms with Crippen molar-refractivity contribution in [2.45, 2.75) is 16.3 Å². The summed E-state index contributed by atoms with van der Waals surface area (Å²) >= 11 is 0. The third-order valence-corrected chi connectivity index (χ3v) is 6.43. The van der Waals surface area contributed by atoms with Crippen molar-refractivity contribution in [1.82, 2.24) is 15.3 Å². The molecule has 0 aliphatic carbocycles. The fourth-order valence-corrected chi connectivity index (χ4v) is 4.25. The molecule has 3 heterocycles. The number of benzene rings is 1. The molecule has 0 saturated carbocycles. The molecule has 0 fully saturated rings. The number of pyridine rings is 2. The van der Waals surface area contributed by atoms with E-state index >= 15 is 0 Å². The van der Waals surface area contributed by atoms with E-state index in [9.17, 15) is 13.2 Å². The van der Waals surface area contributed by atoms with Crippen molar-refractivity contribution in [2.24, 2.45) is 0 Å². The summed E-state index contributed by atoms with van der Waals surface area (Å²) in [5, 5.41) is 3.42. The molecular formula is C22H19N3O6S. The second-order valence-corrected chi connectivity index (χ2v) is 8.69. The summed E-state index contributed by atoms with van der Waals surface area (Å²) in [6.45, 7) is 0.0986. The van der Waals surface area contributed by atoms with Crippen LogP contribution in [0.5, 0.6) is 11.5 Å². The number of sulfone groups is 1. The van der Waals surface area contributed by atoms with Crippen LogP contribution in [-0.2, 0) is 16.4 Å². The fraction of sp³-hybridized carbons (Fsp3) is 0.136. The molecule has 1 N–H and O–H groups in total. The van der Waals surface area contributed by atoms with Gasteiger partial charge in [0.1, 0.15) is 17.1 Å². The normalized spacial score (nSPS) is 11.3. The molecular weight excluding hydrogens is 434 g/mol. The molecule has 0 atom stereocenters. The molecule has 9 nitrogen and oxygen atoms in total. The summed E-state index contributed by atoms with van der Waals surface area (Å²) in [7, 11) is -0.956. The van der Waals surface area contributed by atoms with Gasteiger partial charge in [0.2, 0.25) is 9.84 Å². The third kappa shape index (κ3) is 4.26. The molecule has 0 aliphatic heterocycles. The van der Waals surface area contributed by atoms with Crippen LogP contribution in [0.1, 0.15) is 16.2 Å². The van der Waals surface area contributed by atoms with Crippen LogP contribution in [0.3, 0.4) is 0 Å². The van der Waals surface area contributed by atoms with E-state index in [4.69, 9.17) is 13.9 Å². The van der Waals surface area contributed by atoms with Crippen molar-refractivity contribution in [1.29, 1.82) is 0 Å². The first-order valence-electron chi connectivity index (χ1n) is 9.45. The molecule has 4 rings (SSSR count). The predicted octanol–water partition coefficient (Wildman–Crippen LogP) is 3.00. The largest absolute Gasteiger partial charge is 0.497 e. The molecule has 0 aliphatic rings. The van der Waals surface area contributed by atoms with Gasteiger partial charge in [-0.15, -0.1) is 0 Å². The quantitative estimate of drug-likeness (QED) is 0.453. The number of amides is 1. The molecule has 0 radical (unpaired) electrons. The summed E-state index contributed by atoms with van der Waals surface area (Å²) in [5.41, 5.74) is 1.05. The standard InChI is InChI=1S/C22H19N3O6S/c1-29-16-8-17(30-2)10-19(9-16)32(27,28)18-4-3-15(24-13-18)12-25-22(26)21-7-14-11-23-6-5-20(14)31-21/h3-11,13H,12H2,1-2H3,(H,25,26). The van der Waals surface area contributed by atoms with Crippen molar-refractivity contribution < 1.29 is 27.1 Å². The Kier molecular flexibility index (Phi) is 5.78. The Morgan fingerprint density at radius 1 is 1.00 bits per heavy atom. The average molecular weight is 453 g/mol. The van der Waals surface area contributed by atoms with Crippen LogP contribution in [0, 0.1) is 0 Å². The second-order valence-electron chi connectivity index (χ2n) is 6.74. The molecule has 0 bridgehead atoms. The maximum atomic E-state index is 13.0. The van der Waals surface area contributed by atoms with Gasteiger partial charge >= 0.3 is 0 Å². The molecule has 10 heteroatoms. The highest BCUT2D eigenvalue weighted by Crippen LogP contribution is 2.29. The topological polar surface area (TPSA) is 121 Å². The molecule has 32 heavy (non-hydrogen) atoms. The zero-order chi connectivity index (χ0) is 22.7. The van der Waals surface area contributed by atoms with E-state index in [1.807, 2.05) is 0 Å². The number of rotatable bonds is 7. The second kappa shape index (κ2) is 8.67. The molecule has 1 aromatic carbocycles. The lowest BCUT2D eigenvalue weighted by Gasteiger charge is -2.10. The van der Waals surface area contributed by atoms with E-state index < -0.39 is 15.7 Å². The van der Waals surface area contributed by atoms with Gasteiger partial charge in [0.15, 0.2) is 5.76 Å². The lowest BCUT2D eigenvalue weighted by molar-refractivity contribution is 0.0925. The molecule has 4 aromatic rings. The summed E-state index contributed by atoms with van der Waals surface area (Å²) in [4.78, 5) is 20.5. The summed E-state index contributed by atoms with van der Waals surface area (Å²) in [6, 6.07) is 10.6. The zero-order valence-corrected chi connectivity index (χ0v) is 18.0. The van der Waals surface area contributed by atoms with Crippen LogP contribution in [0.25, 0.3) is 11.0 Å². The Labute approximate surface area is 183 Å². The SMILES string of the molecule is COc1cc(OC)cc(S(=O)(=O)c2ccc(CNC(=O)c3cc4cnccc4o3)nc2)c1. The summed E-state index contributed by atoms with van der Waals surface area (Å²) < 4.78 is 41.7. The van der Waals surface area contributed by atoms with Gasteiger partial charge in [-0.25, -0.2) is 8.42 Å². The van der Waals surface area contributed by atoms with Gasteiger partial charge < -0.3 is 19.2 Å². The lowest BCUT2D eigenvalue weighted by atomic mass is 10.3. The first kappa shape index (κ1) is 21.3. The Bertz CT molecular complexity index is 1330. The summed E-state index contributed by atoms with van der Waals surface area (Å²) in [6.07, 6.45) is 4.43. The molecule has 0 spiro atoms. The first-order valence-corrected chi connectivity index (χ1v) is 10.9. The lowest BCUT2D eigenvalue weighted by Crippen LogP contribution is -2.22.